The SMILES string of the molecule is CN(Cc1ccsc1)S(=O)(=O)c1ccc2c(c1)CCCC2. The van der Waals surface area contributed by atoms with Gasteiger partial charge in [0.1, 0.15) is 0 Å². The fourth-order valence-corrected chi connectivity index (χ4v) is 4.64. The van der Waals surface area contributed by atoms with Crippen molar-refractivity contribution in [2.24, 2.45) is 0 Å². The first-order valence-corrected chi connectivity index (χ1v) is 9.55. The fraction of sp³-hybridized carbons (Fsp3) is 0.375. The van der Waals surface area contributed by atoms with E-state index in [4.69, 9.17) is 0 Å². The fourth-order valence-electron chi connectivity index (χ4n) is 2.77. The van der Waals surface area contributed by atoms with Crippen LogP contribution in [0.4, 0.5) is 0 Å². The van der Waals surface area contributed by atoms with E-state index in [1.54, 1.807) is 24.5 Å². The number of aryl methyl sites for hydroxylation is 2. The Bertz CT molecular complexity index is 721. The lowest BCUT2D eigenvalue weighted by Gasteiger charge is -2.20. The molecule has 21 heavy (non-hydrogen) atoms. The van der Waals surface area contributed by atoms with Gasteiger partial charge in [-0.3, -0.25) is 0 Å². The lowest BCUT2D eigenvalue weighted by Crippen LogP contribution is -2.26. The molecule has 5 heteroatoms. The summed E-state index contributed by atoms with van der Waals surface area (Å²) in [6, 6.07) is 7.57. The molecule has 0 atom stereocenters. The van der Waals surface area contributed by atoms with Gasteiger partial charge in [0.2, 0.25) is 10.0 Å². The molecule has 3 rings (SSSR count). The largest absolute Gasteiger partial charge is 0.243 e. The van der Waals surface area contributed by atoms with Crippen molar-refractivity contribution in [2.75, 3.05) is 7.05 Å². The van der Waals surface area contributed by atoms with Gasteiger partial charge in [-0.25, -0.2) is 8.42 Å². The van der Waals surface area contributed by atoms with E-state index in [0.29, 0.717) is 11.4 Å². The molecule has 112 valence electrons. The molecule has 2 aromatic rings. The van der Waals surface area contributed by atoms with E-state index in [1.165, 1.54) is 21.9 Å². The maximum Gasteiger partial charge on any atom is 0.243 e. The Morgan fingerprint density at radius 3 is 2.62 bits per heavy atom. The third kappa shape index (κ3) is 3.05. The molecule has 1 aromatic carbocycles. The minimum absolute atomic E-state index is 0.417. The number of nitrogens with zero attached hydrogens (tertiary/aromatic N) is 1. The molecule has 0 spiro atoms. The molecule has 1 aromatic heterocycles. The minimum atomic E-state index is -3.41. The standard InChI is InChI=1S/C16H19NO2S2/c1-17(11-13-8-9-20-12-13)21(18,19)16-7-6-14-4-2-3-5-15(14)10-16/h6-10,12H,2-5,11H2,1H3. The Labute approximate surface area is 130 Å². The van der Waals surface area contributed by atoms with E-state index < -0.39 is 10.0 Å². The van der Waals surface area contributed by atoms with Gasteiger partial charge in [-0.2, -0.15) is 15.6 Å². The van der Waals surface area contributed by atoms with Gasteiger partial charge >= 0.3 is 0 Å². The first-order chi connectivity index (χ1) is 10.1. The second kappa shape index (κ2) is 5.91. The molecular formula is C16H19NO2S2. The number of fused-ring (bicyclic) bond motifs is 1. The van der Waals surface area contributed by atoms with Gasteiger partial charge < -0.3 is 0 Å². The van der Waals surface area contributed by atoms with Crippen LogP contribution in [-0.4, -0.2) is 19.8 Å². The van der Waals surface area contributed by atoms with Crippen LogP contribution in [0.3, 0.4) is 0 Å². The summed E-state index contributed by atoms with van der Waals surface area (Å²) >= 11 is 1.59. The lowest BCUT2D eigenvalue weighted by molar-refractivity contribution is 0.467. The smallest absolute Gasteiger partial charge is 0.207 e. The second-order valence-electron chi connectivity index (χ2n) is 5.53. The lowest BCUT2D eigenvalue weighted by atomic mass is 9.92. The van der Waals surface area contributed by atoms with Crippen molar-refractivity contribution in [3.8, 4) is 0 Å². The number of hydrogen-bond donors (Lipinski definition) is 0. The minimum Gasteiger partial charge on any atom is -0.207 e. The Morgan fingerprint density at radius 2 is 1.90 bits per heavy atom. The zero-order chi connectivity index (χ0) is 14.9. The van der Waals surface area contributed by atoms with Crippen LogP contribution in [0.1, 0.15) is 29.5 Å². The van der Waals surface area contributed by atoms with Crippen LogP contribution in [0.5, 0.6) is 0 Å². The van der Waals surface area contributed by atoms with E-state index in [9.17, 15) is 8.42 Å². The number of sulfonamides is 1. The number of rotatable bonds is 4. The first-order valence-electron chi connectivity index (χ1n) is 7.16. The molecule has 3 nitrogen and oxygen atoms in total. The summed E-state index contributed by atoms with van der Waals surface area (Å²) in [5.41, 5.74) is 3.54. The average Bonchev–Trinajstić information content (AvgIpc) is 2.99. The Morgan fingerprint density at radius 1 is 1.14 bits per heavy atom. The molecule has 0 fully saturated rings. The topological polar surface area (TPSA) is 37.4 Å². The molecule has 0 amide bonds. The molecule has 1 aliphatic rings. The van der Waals surface area contributed by atoms with Gasteiger partial charge in [-0.15, -0.1) is 0 Å². The zero-order valence-corrected chi connectivity index (χ0v) is 13.7. The summed E-state index contributed by atoms with van der Waals surface area (Å²) in [7, 11) is -1.77. The van der Waals surface area contributed by atoms with Crippen LogP contribution in [-0.2, 0) is 29.4 Å². The molecule has 1 aliphatic carbocycles. The van der Waals surface area contributed by atoms with Crippen molar-refractivity contribution in [2.45, 2.75) is 37.1 Å². The molecule has 0 N–H and O–H groups in total. The van der Waals surface area contributed by atoms with Gasteiger partial charge in [0, 0.05) is 13.6 Å². The van der Waals surface area contributed by atoms with Crippen molar-refractivity contribution < 1.29 is 8.42 Å². The average molecular weight is 321 g/mol. The van der Waals surface area contributed by atoms with Gasteiger partial charge in [-0.1, -0.05) is 6.07 Å². The maximum atomic E-state index is 12.7. The zero-order valence-electron chi connectivity index (χ0n) is 12.1. The first kappa shape index (κ1) is 14.8. The van der Waals surface area contributed by atoms with Gasteiger partial charge in [-0.05, 0) is 71.3 Å². The molecule has 0 aliphatic heterocycles. The molecule has 0 saturated heterocycles. The number of hydrogen-bond acceptors (Lipinski definition) is 3. The summed E-state index contributed by atoms with van der Waals surface area (Å²) in [6.07, 6.45) is 4.42. The van der Waals surface area contributed by atoms with E-state index in [2.05, 4.69) is 0 Å². The van der Waals surface area contributed by atoms with E-state index in [0.717, 1.165) is 24.8 Å². The predicted octanol–water partition coefficient (Wildman–Crippen LogP) is 3.45. The molecular weight excluding hydrogens is 302 g/mol. The summed E-state index contributed by atoms with van der Waals surface area (Å²) in [6.45, 7) is 0.420. The summed E-state index contributed by atoms with van der Waals surface area (Å²) in [5.74, 6) is 0. The number of thiophene rings is 1. The highest BCUT2D eigenvalue weighted by atomic mass is 32.2. The highest BCUT2D eigenvalue weighted by Gasteiger charge is 2.22. The summed E-state index contributed by atoms with van der Waals surface area (Å²) in [5, 5.41) is 3.95. The Hall–Kier alpha value is -1.17. The monoisotopic (exact) mass is 321 g/mol. The van der Waals surface area contributed by atoms with Crippen LogP contribution < -0.4 is 0 Å². The normalized spacial score (nSPS) is 15.1. The van der Waals surface area contributed by atoms with Gasteiger partial charge in [0.15, 0.2) is 0 Å². The van der Waals surface area contributed by atoms with Crippen molar-refractivity contribution >= 4 is 21.4 Å². The molecule has 0 saturated carbocycles. The maximum absolute atomic E-state index is 12.7. The van der Waals surface area contributed by atoms with Crippen LogP contribution in [0, 0.1) is 0 Å². The van der Waals surface area contributed by atoms with Crippen LogP contribution in [0.25, 0.3) is 0 Å². The highest BCUT2D eigenvalue weighted by molar-refractivity contribution is 7.89. The van der Waals surface area contributed by atoms with Crippen molar-refractivity contribution in [3.05, 3.63) is 51.7 Å². The van der Waals surface area contributed by atoms with Gasteiger partial charge in [0.05, 0.1) is 4.90 Å². The second-order valence-corrected chi connectivity index (χ2v) is 8.36. The van der Waals surface area contributed by atoms with Crippen LogP contribution in [0.2, 0.25) is 0 Å². The van der Waals surface area contributed by atoms with Crippen molar-refractivity contribution in [1.29, 1.82) is 0 Å². The summed E-state index contributed by atoms with van der Waals surface area (Å²) < 4.78 is 26.8. The number of benzene rings is 1. The molecule has 0 bridgehead atoms. The Kier molecular flexibility index (Phi) is 4.15. The van der Waals surface area contributed by atoms with Gasteiger partial charge in [0.25, 0.3) is 0 Å². The molecule has 1 heterocycles. The quantitative estimate of drug-likeness (QED) is 0.865. The van der Waals surface area contributed by atoms with E-state index in [1.807, 2.05) is 29.0 Å². The van der Waals surface area contributed by atoms with Crippen LogP contribution >= 0.6 is 11.3 Å². The molecule has 0 radical (unpaired) electrons. The van der Waals surface area contributed by atoms with Crippen molar-refractivity contribution in [3.63, 3.8) is 0 Å². The van der Waals surface area contributed by atoms with Crippen LogP contribution in [0.15, 0.2) is 39.9 Å². The van der Waals surface area contributed by atoms with Crippen molar-refractivity contribution in [1.82, 2.24) is 4.31 Å². The molecule has 0 unspecified atom stereocenters. The van der Waals surface area contributed by atoms with E-state index >= 15 is 0 Å². The van der Waals surface area contributed by atoms with E-state index in [-0.39, 0.29) is 0 Å². The summed E-state index contributed by atoms with van der Waals surface area (Å²) in [4.78, 5) is 0.417. The third-order valence-electron chi connectivity index (χ3n) is 4.01. The Balaban J connectivity index is 1.87. The highest BCUT2D eigenvalue weighted by Crippen LogP contribution is 2.26. The predicted molar refractivity (Wildman–Crippen MR) is 86.1 cm³/mol. The third-order valence-corrected chi connectivity index (χ3v) is 6.54.